The Balaban J connectivity index is 2.58. The van der Waals surface area contributed by atoms with Gasteiger partial charge in [0.05, 0.1) is 0 Å². The van der Waals surface area contributed by atoms with E-state index >= 15 is 0 Å². The molecule has 0 aromatic heterocycles. The summed E-state index contributed by atoms with van der Waals surface area (Å²) in [5.74, 6) is 0. The fraction of sp³-hybridized carbons (Fsp3) is 0.500. The van der Waals surface area contributed by atoms with Gasteiger partial charge >= 0.3 is 6.03 Å². The molecule has 0 saturated carbocycles. The maximum Gasteiger partial charge on any atom is 0.362 e. The molecular formula is C2H4N4O. The molecular weight excluding hydrogens is 96.0 g/mol. The van der Waals surface area contributed by atoms with E-state index in [-0.39, 0.29) is 0 Å². The summed E-state index contributed by atoms with van der Waals surface area (Å²) in [7, 11) is 0. The summed E-state index contributed by atoms with van der Waals surface area (Å²) in [6.07, 6.45) is -0.618. The molecule has 5 nitrogen and oxygen atoms in total. The lowest BCUT2D eigenvalue weighted by Gasteiger charge is -1.91. The van der Waals surface area contributed by atoms with Crippen molar-refractivity contribution in [2.24, 2.45) is 16.0 Å². The Bertz CT molecular complexity index is 119. The van der Waals surface area contributed by atoms with E-state index in [0.717, 1.165) is 0 Å². The van der Waals surface area contributed by atoms with Crippen LogP contribution in [0.15, 0.2) is 10.2 Å². The zero-order valence-corrected chi connectivity index (χ0v) is 3.46. The summed E-state index contributed by atoms with van der Waals surface area (Å²) >= 11 is 0. The first kappa shape index (κ1) is 4.20. The van der Waals surface area contributed by atoms with Crippen molar-refractivity contribution in [1.82, 2.24) is 5.32 Å². The van der Waals surface area contributed by atoms with Crippen molar-refractivity contribution >= 4 is 6.03 Å². The van der Waals surface area contributed by atoms with Crippen LogP contribution in [0.4, 0.5) is 4.79 Å². The number of carbonyl (C=O) groups excluding carboxylic acids is 1. The average molecular weight is 100 g/mol. The van der Waals surface area contributed by atoms with Crippen LogP contribution in [0.1, 0.15) is 0 Å². The van der Waals surface area contributed by atoms with E-state index in [1.54, 1.807) is 0 Å². The smallest absolute Gasteiger partial charge is 0.299 e. The van der Waals surface area contributed by atoms with Crippen molar-refractivity contribution in [3.63, 3.8) is 0 Å². The number of nitrogens with two attached hydrogens (primary N) is 1. The number of rotatable bonds is 0. The molecule has 1 aliphatic heterocycles. The van der Waals surface area contributed by atoms with Gasteiger partial charge in [0.25, 0.3) is 0 Å². The van der Waals surface area contributed by atoms with Crippen LogP contribution in [0, 0.1) is 0 Å². The fourth-order valence-electron chi connectivity index (χ4n) is 0.299. The Morgan fingerprint density at radius 2 is 2.57 bits per heavy atom. The molecule has 0 aliphatic carbocycles. The Morgan fingerprint density at radius 1 is 1.86 bits per heavy atom. The molecule has 5 heteroatoms. The Kier molecular flexibility index (Phi) is 0.759. The highest BCUT2D eigenvalue weighted by Gasteiger charge is 2.10. The molecule has 0 spiro atoms. The third-order valence-electron chi connectivity index (χ3n) is 0.544. The number of urea groups is 1. The molecule has 38 valence electrons. The van der Waals surface area contributed by atoms with Gasteiger partial charge in [0.2, 0.25) is 0 Å². The molecule has 7 heavy (non-hydrogen) atoms. The Morgan fingerprint density at radius 3 is 2.71 bits per heavy atom. The molecule has 1 atom stereocenters. The van der Waals surface area contributed by atoms with Gasteiger partial charge in [-0.25, -0.2) is 4.79 Å². The second kappa shape index (κ2) is 1.27. The van der Waals surface area contributed by atoms with E-state index in [4.69, 9.17) is 5.73 Å². The molecule has 1 rings (SSSR count). The van der Waals surface area contributed by atoms with Gasteiger partial charge in [0.15, 0.2) is 6.29 Å². The number of nitrogens with zero attached hydrogens (tertiary/aromatic N) is 2. The molecule has 0 saturated heterocycles. The SMILES string of the molecule is NC1N=NC(=O)N1. The largest absolute Gasteiger partial charge is 0.362 e. The molecule has 1 aliphatic rings. The average Bonchev–Trinajstić information content (AvgIpc) is 1.87. The van der Waals surface area contributed by atoms with Crippen LogP contribution in [0.25, 0.3) is 0 Å². The highest BCUT2D eigenvalue weighted by atomic mass is 16.2. The summed E-state index contributed by atoms with van der Waals surface area (Å²) in [6.45, 7) is 0. The van der Waals surface area contributed by atoms with Gasteiger partial charge in [0.1, 0.15) is 0 Å². The minimum absolute atomic E-state index is 0.465. The summed E-state index contributed by atoms with van der Waals surface area (Å²) in [6, 6.07) is -0.465. The zero-order valence-electron chi connectivity index (χ0n) is 3.46. The van der Waals surface area contributed by atoms with E-state index in [9.17, 15) is 4.79 Å². The highest BCUT2D eigenvalue weighted by Crippen LogP contribution is 1.89. The lowest BCUT2D eigenvalue weighted by molar-refractivity contribution is 0.250. The van der Waals surface area contributed by atoms with Crippen molar-refractivity contribution in [1.29, 1.82) is 0 Å². The maximum absolute atomic E-state index is 10.0. The van der Waals surface area contributed by atoms with Crippen LogP contribution in [0.5, 0.6) is 0 Å². The van der Waals surface area contributed by atoms with Gasteiger partial charge in [0, 0.05) is 0 Å². The van der Waals surface area contributed by atoms with Gasteiger partial charge in [-0.05, 0) is 0 Å². The third-order valence-corrected chi connectivity index (χ3v) is 0.544. The number of hydrogen-bond acceptors (Lipinski definition) is 3. The van der Waals surface area contributed by atoms with Gasteiger partial charge in [-0.3, -0.25) is 11.1 Å². The highest BCUT2D eigenvalue weighted by molar-refractivity contribution is 5.75. The van der Waals surface area contributed by atoms with Crippen molar-refractivity contribution in [2.45, 2.75) is 6.29 Å². The predicted molar refractivity (Wildman–Crippen MR) is 21.4 cm³/mol. The van der Waals surface area contributed by atoms with Crippen LogP contribution in [-0.2, 0) is 0 Å². The number of nitrogens with one attached hydrogen (secondary N) is 1. The minimum atomic E-state index is -0.618. The summed E-state index contributed by atoms with van der Waals surface area (Å²) in [4.78, 5) is 10.0. The number of amides is 2. The topological polar surface area (TPSA) is 79.8 Å². The number of azo groups is 1. The molecule has 0 aromatic rings. The van der Waals surface area contributed by atoms with Gasteiger partial charge in [-0.1, -0.05) is 5.11 Å². The second-order valence-electron chi connectivity index (χ2n) is 1.11. The number of carbonyl (C=O) groups is 1. The first-order valence-corrected chi connectivity index (χ1v) is 1.76. The lowest BCUT2D eigenvalue weighted by atomic mass is 10.9. The van der Waals surface area contributed by atoms with E-state index in [1.165, 1.54) is 0 Å². The molecule has 1 heterocycles. The normalized spacial score (nSPS) is 28.1. The van der Waals surface area contributed by atoms with Gasteiger partial charge in [-0.15, -0.1) is 5.11 Å². The van der Waals surface area contributed by atoms with Gasteiger partial charge < -0.3 is 0 Å². The van der Waals surface area contributed by atoms with Crippen molar-refractivity contribution in [3.05, 3.63) is 0 Å². The predicted octanol–water partition coefficient (Wildman–Crippen LogP) is -0.596. The quantitative estimate of drug-likeness (QED) is 0.426. The Hall–Kier alpha value is -0.970. The van der Waals surface area contributed by atoms with Crippen LogP contribution in [0.2, 0.25) is 0 Å². The molecule has 1 unspecified atom stereocenters. The van der Waals surface area contributed by atoms with E-state index in [2.05, 4.69) is 15.5 Å². The van der Waals surface area contributed by atoms with Crippen molar-refractivity contribution < 1.29 is 4.79 Å². The monoisotopic (exact) mass is 100 g/mol. The van der Waals surface area contributed by atoms with E-state index in [1.807, 2.05) is 0 Å². The van der Waals surface area contributed by atoms with Gasteiger partial charge in [-0.2, -0.15) is 0 Å². The summed E-state index contributed by atoms with van der Waals surface area (Å²) in [5, 5.41) is 8.55. The second-order valence-corrected chi connectivity index (χ2v) is 1.11. The van der Waals surface area contributed by atoms with E-state index in [0.29, 0.717) is 0 Å². The van der Waals surface area contributed by atoms with Crippen LogP contribution in [0.3, 0.4) is 0 Å². The standard InChI is InChI=1S/C2H4N4O/c3-1-4-2(7)6-5-1/h1H,3H2,(H,4,7). The third kappa shape index (κ3) is 0.716. The molecule has 3 N–H and O–H groups in total. The molecule has 0 fully saturated rings. The van der Waals surface area contributed by atoms with Crippen LogP contribution in [-0.4, -0.2) is 12.3 Å². The van der Waals surface area contributed by atoms with Crippen LogP contribution < -0.4 is 11.1 Å². The first-order chi connectivity index (χ1) is 3.29. The summed E-state index contributed by atoms with van der Waals surface area (Å²) in [5.41, 5.74) is 5.03. The number of hydrogen-bond donors (Lipinski definition) is 2. The Labute approximate surface area is 39.6 Å². The fourth-order valence-corrected chi connectivity index (χ4v) is 0.299. The molecule has 0 bridgehead atoms. The zero-order chi connectivity index (χ0) is 5.28. The molecule has 0 radical (unpaired) electrons. The maximum atomic E-state index is 10.0. The summed E-state index contributed by atoms with van der Waals surface area (Å²) < 4.78 is 0. The van der Waals surface area contributed by atoms with Crippen LogP contribution >= 0.6 is 0 Å². The van der Waals surface area contributed by atoms with Crippen molar-refractivity contribution in [2.75, 3.05) is 0 Å². The van der Waals surface area contributed by atoms with Crippen molar-refractivity contribution in [3.8, 4) is 0 Å². The molecule has 2 amide bonds. The minimum Gasteiger partial charge on any atom is -0.299 e. The lowest BCUT2D eigenvalue weighted by Crippen LogP contribution is -2.32. The molecule has 0 aromatic carbocycles. The van der Waals surface area contributed by atoms with E-state index < -0.39 is 12.3 Å². The first-order valence-electron chi connectivity index (χ1n) is 1.76.